The summed E-state index contributed by atoms with van der Waals surface area (Å²) in [5.74, 6) is -10.1. The number of halogens is 9. The molecule has 21 heteroatoms. The Labute approximate surface area is 346 Å². The molecule has 6 rings (SSSR count). The molecule has 2 amide bonds. The molecule has 1 aliphatic rings. The number of nitrogens with zero attached hydrogens (tertiary/aromatic N) is 4. The van der Waals surface area contributed by atoms with E-state index < -0.39 is 70.6 Å². The standard InChI is InChI=1S/C41H37F9N6O6/c1-61-35-25(21-27(23-51-35)39(43,44)45)22-52-37(59)38(60,40(46,47)41(48,49)50)26-8-10-28(11-9-26)62-18-4-13-55-14-16-56(17-15-55)36(58)31-19-24(7-12-32(31)42)20-33-29-5-2-3-6-30(29)34(57)54-53-33/h2-3,5-12,19,21,23,60H,4,13-18,20,22H2,1H3,(H,52,59)(H,54,57). The summed E-state index contributed by atoms with van der Waals surface area (Å²) in [6.07, 6.45) is -10.4. The van der Waals surface area contributed by atoms with E-state index in [1.54, 1.807) is 35.6 Å². The quantitative estimate of drug-likeness (QED) is 0.0902. The van der Waals surface area contributed by atoms with Crippen molar-refractivity contribution in [1.29, 1.82) is 0 Å². The zero-order valence-corrected chi connectivity index (χ0v) is 32.5. The molecule has 0 bridgehead atoms. The first-order valence-electron chi connectivity index (χ1n) is 18.8. The van der Waals surface area contributed by atoms with Gasteiger partial charge in [-0.25, -0.2) is 14.5 Å². The largest absolute Gasteiger partial charge is 0.494 e. The number of H-pyrrole nitrogens is 1. The number of ether oxygens (including phenoxy) is 2. The third-order valence-corrected chi connectivity index (χ3v) is 10.3. The minimum absolute atomic E-state index is 0.0178. The number of aromatic amines is 1. The molecule has 330 valence electrons. The fourth-order valence-corrected chi connectivity index (χ4v) is 6.89. The number of pyridine rings is 1. The van der Waals surface area contributed by atoms with Gasteiger partial charge in [-0.3, -0.25) is 19.3 Å². The van der Waals surface area contributed by atoms with Crippen LogP contribution < -0.4 is 20.3 Å². The summed E-state index contributed by atoms with van der Waals surface area (Å²) in [5, 5.41) is 20.2. The molecule has 12 nitrogen and oxygen atoms in total. The van der Waals surface area contributed by atoms with E-state index in [0.29, 0.717) is 72.5 Å². The Morgan fingerprint density at radius 2 is 1.56 bits per heavy atom. The lowest BCUT2D eigenvalue weighted by Gasteiger charge is -2.35. The summed E-state index contributed by atoms with van der Waals surface area (Å²) >= 11 is 0. The van der Waals surface area contributed by atoms with Gasteiger partial charge >= 0.3 is 18.3 Å². The number of aromatic nitrogens is 3. The number of benzene rings is 3. The van der Waals surface area contributed by atoms with E-state index in [9.17, 15) is 59.0 Å². The minimum Gasteiger partial charge on any atom is -0.494 e. The molecule has 62 heavy (non-hydrogen) atoms. The van der Waals surface area contributed by atoms with E-state index in [1.165, 1.54) is 17.0 Å². The van der Waals surface area contributed by atoms with Crippen molar-refractivity contribution >= 4 is 22.6 Å². The Morgan fingerprint density at radius 1 is 0.887 bits per heavy atom. The van der Waals surface area contributed by atoms with Crippen molar-refractivity contribution < 1.29 is 63.7 Å². The fraction of sp³-hybridized carbons (Fsp3) is 0.341. The smallest absolute Gasteiger partial charge is 0.457 e. The van der Waals surface area contributed by atoms with E-state index >= 15 is 0 Å². The second-order valence-corrected chi connectivity index (χ2v) is 14.3. The lowest BCUT2D eigenvalue weighted by Crippen LogP contribution is -2.62. The zero-order chi connectivity index (χ0) is 45.0. The van der Waals surface area contributed by atoms with E-state index in [0.717, 1.165) is 19.2 Å². The number of hydrogen-bond acceptors (Lipinski definition) is 9. The Bertz CT molecular complexity index is 2470. The van der Waals surface area contributed by atoms with E-state index in [-0.39, 0.29) is 43.0 Å². The molecule has 1 fully saturated rings. The SMILES string of the molecule is COc1ncc(C(F)(F)F)cc1CNC(=O)C(O)(c1ccc(OCCCN2CCN(C(=O)c3cc(Cc4n[nH]c(=O)c5ccccc45)ccc3F)CC2)cc1)C(F)(F)C(F)(F)F. The number of fused-ring (bicyclic) bond motifs is 1. The molecular weight excluding hydrogens is 843 g/mol. The molecule has 0 aliphatic carbocycles. The highest BCUT2D eigenvalue weighted by atomic mass is 19.4. The number of methoxy groups -OCH3 is 1. The average molecular weight is 881 g/mol. The van der Waals surface area contributed by atoms with Gasteiger partial charge in [-0.05, 0) is 53.9 Å². The lowest BCUT2D eigenvalue weighted by molar-refractivity contribution is -0.337. The van der Waals surface area contributed by atoms with Crippen molar-refractivity contribution in [2.75, 3.05) is 46.4 Å². The van der Waals surface area contributed by atoms with Gasteiger partial charge in [0.2, 0.25) is 11.5 Å². The third-order valence-electron chi connectivity index (χ3n) is 10.3. The summed E-state index contributed by atoms with van der Waals surface area (Å²) in [6, 6.07) is 14.7. The van der Waals surface area contributed by atoms with Gasteiger partial charge in [0.25, 0.3) is 17.4 Å². The van der Waals surface area contributed by atoms with Crippen LogP contribution in [0.4, 0.5) is 39.5 Å². The highest BCUT2D eigenvalue weighted by Gasteiger charge is 2.73. The van der Waals surface area contributed by atoms with Crippen LogP contribution >= 0.6 is 0 Å². The Balaban J connectivity index is 1.03. The van der Waals surface area contributed by atoms with Crippen LogP contribution in [0.5, 0.6) is 11.6 Å². The van der Waals surface area contributed by atoms with Crippen LogP contribution in [0.25, 0.3) is 10.8 Å². The fourth-order valence-electron chi connectivity index (χ4n) is 6.89. The Morgan fingerprint density at radius 3 is 2.21 bits per heavy atom. The van der Waals surface area contributed by atoms with Crippen LogP contribution in [0.3, 0.4) is 0 Å². The van der Waals surface area contributed by atoms with Gasteiger partial charge in [0.1, 0.15) is 11.6 Å². The number of carbonyl (C=O) groups is 2. The number of aliphatic hydroxyl groups is 1. The number of carbonyl (C=O) groups excluding carboxylic acids is 2. The maximum atomic E-state index is 14.9. The van der Waals surface area contributed by atoms with Crippen molar-refractivity contribution in [2.24, 2.45) is 0 Å². The number of nitrogens with one attached hydrogen (secondary N) is 2. The first-order chi connectivity index (χ1) is 29.2. The second-order valence-electron chi connectivity index (χ2n) is 14.3. The zero-order valence-electron chi connectivity index (χ0n) is 32.5. The molecule has 0 spiro atoms. The highest BCUT2D eigenvalue weighted by molar-refractivity contribution is 5.95. The van der Waals surface area contributed by atoms with Crippen LogP contribution in [0, 0.1) is 5.82 Å². The number of alkyl halides is 8. The molecular formula is C41H37F9N6O6. The van der Waals surface area contributed by atoms with Crippen molar-refractivity contribution in [1.82, 2.24) is 30.3 Å². The Kier molecular flexibility index (Phi) is 13.2. The summed E-state index contributed by atoms with van der Waals surface area (Å²) < 4.78 is 136. The van der Waals surface area contributed by atoms with E-state index in [1.807, 2.05) is 4.90 Å². The van der Waals surface area contributed by atoms with Gasteiger partial charge < -0.3 is 24.8 Å². The average Bonchev–Trinajstić information content (AvgIpc) is 3.25. The van der Waals surface area contributed by atoms with Crippen molar-refractivity contribution in [3.05, 3.63) is 129 Å². The first-order valence-corrected chi connectivity index (χ1v) is 18.8. The monoisotopic (exact) mass is 880 g/mol. The van der Waals surface area contributed by atoms with Crippen LogP contribution in [0.15, 0.2) is 83.8 Å². The van der Waals surface area contributed by atoms with E-state index in [4.69, 9.17) is 9.47 Å². The van der Waals surface area contributed by atoms with Crippen molar-refractivity contribution in [3.8, 4) is 11.6 Å². The molecule has 1 saturated heterocycles. The molecule has 3 heterocycles. The number of amides is 2. The molecule has 1 aliphatic heterocycles. The second kappa shape index (κ2) is 18.0. The minimum atomic E-state index is -6.45. The molecule has 2 aromatic heterocycles. The topological polar surface area (TPSA) is 150 Å². The van der Waals surface area contributed by atoms with Gasteiger partial charge in [-0.2, -0.15) is 40.2 Å². The molecule has 0 saturated carbocycles. The predicted octanol–water partition coefficient (Wildman–Crippen LogP) is 6.00. The van der Waals surface area contributed by atoms with E-state index in [2.05, 4.69) is 15.2 Å². The molecule has 1 atom stereocenters. The summed E-state index contributed by atoms with van der Waals surface area (Å²) in [5.41, 5.74) is -6.93. The molecule has 3 N–H and O–H groups in total. The number of rotatable bonds is 14. The molecule has 3 aromatic carbocycles. The van der Waals surface area contributed by atoms with Gasteiger partial charge in [-0.15, -0.1) is 0 Å². The van der Waals surface area contributed by atoms with Crippen LogP contribution in [0.2, 0.25) is 0 Å². The molecule has 1 unspecified atom stereocenters. The molecule has 5 aromatic rings. The number of hydrogen-bond donors (Lipinski definition) is 3. The predicted molar refractivity (Wildman–Crippen MR) is 203 cm³/mol. The van der Waals surface area contributed by atoms with Crippen molar-refractivity contribution in [3.63, 3.8) is 0 Å². The van der Waals surface area contributed by atoms with Gasteiger partial charge in [0.15, 0.2) is 0 Å². The van der Waals surface area contributed by atoms with Crippen LogP contribution in [0.1, 0.15) is 44.7 Å². The molecule has 0 radical (unpaired) electrons. The van der Waals surface area contributed by atoms with Gasteiger partial charge in [0.05, 0.1) is 35.9 Å². The highest BCUT2D eigenvalue weighted by Crippen LogP contribution is 2.49. The first kappa shape index (κ1) is 45.3. The summed E-state index contributed by atoms with van der Waals surface area (Å²) in [4.78, 5) is 45.5. The normalized spacial score (nSPS) is 15.0. The Hall–Kier alpha value is -6.22. The van der Waals surface area contributed by atoms with Gasteiger partial charge in [0, 0.05) is 62.8 Å². The maximum absolute atomic E-state index is 14.9. The maximum Gasteiger partial charge on any atom is 0.457 e. The lowest BCUT2D eigenvalue weighted by atomic mass is 9.85. The van der Waals surface area contributed by atoms with Crippen LogP contribution in [-0.2, 0) is 29.5 Å². The summed E-state index contributed by atoms with van der Waals surface area (Å²) in [7, 11) is 0.996. The summed E-state index contributed by atoms with van der Waals surface area (Å²) in [6.45, 7) is 0.839. The third kappa shape index (κ3) is 9.47. The number of piperazine rings is 1. The van der Waals surface area contributed by atoms with Crippen molar-refractivity contribution in [2.45, 2.75) is 43.3 Å². The van der Waals surface area contributed by atoms with Gasteiger partial charge in [-0.1, -0.05) is 36.4 Å². The van der Waals surface area contributed by atoms with Crippen LogP contribution in [-0.4, -0.2) is 100 Å².